The Morgan fingerprint density at radius 3 is 2.70 bits per heavy atom. The van der Waals surface area contributed by atoms with E-state index in [4.69, 9.17) is 36.5 Å². The van der Waals surface area contributed by atoms with Crippen LogP contribution in [0.15, 0.2) is 48.8 Å². The molecule has 37 heavy (non-hydrogen) atoms. The van der Waals surface area contributed by atoms with Crippen LogP contribution in [-0.2, 0) is 11.8 Å². The number of nitrogen functional groups attached to an aromatic ring is 1. The third kappa shape index (κ3) is 6.07. The summed E-state index contributed by atoms with van der Waals surface area (Å²) in [6.45, 7) is 3.69. The number of nitrogens with two attached hydrogens (primary N) is 1. The molecule has 0 spiro atoms. The number of nitrogens with one attached hydrogen (secondary N) is 1. The summed E-state index contributed by atoms with van der Waals surface area (Å²) < 4.78 is 19.5. The first-order chi connectivity index (χ1) is 17.8. The smallest absolute Gasteiger partial charge is 0.227 e. The number of aryl methyl sites for hydroxylation is 1. The number of halogens is 1. The Labute approximate surface area is 222 Å². The van der Waals surface area contributed by atoms with Gasteiger partial charge in [-0.1, -0.05) is 29.8 Å². The Kier molecular flexibility index (Phi) is 8.38. The molecule has 0 aliphatic heterocycles. The Hall–Kier alpha value is -3.53. The van der Waals surface area contributed by atoms with E-state index in [2.05, 4.69) is 16.4 Å². The van der Waals surface area contributed by atoms with Crippen molar-refractivity contribution in [2.45, 2.75) is 13.0 Å². The SMILES string of the molecule is CCOC[C@@H](CN(C)C)Oc1cc(OC)c(Nc2ncc(Cl)c(-c3cn(C)c4ccccc34)n2)cc1N. The van der Waals surface area contributed by atoms with Crippen LogP contribution in [0.3, 0.4) is 0 Å². The Balaban J connectivity index is 1.63. The second-order valence-electron chi connectivity index (χ2n) is 8.94. The topological polar surface area (TPSA) is 99.7 Å². The fraction of sp³-hybridized carbons (Fsp3) is 0.333. The molecule has 0 fully saturated rings. The molecule has 4 rings (SSSR count). The third-order valence-corrected chi connectivity index (χ3v) is 6.12. The highest BCUT2D eigenvalue weighted by Crippen LogP contribution is 2.38. The highest BCUT2D eigenvalue weighted by atomic mass is 35.5. The first-order valence-corrected chi connectivity index (χ1v) is 12.4. The van der Waals surface area contributed by atoms with Crippen molar-refractivity contribution in [1.29, 1.82) is 0 Å². The molecule has 2 aromatic heterocycles. The Morgan fingerprint density at radius 2 is 1.97 bits per heavy atom. The summed E-state index contributed by atoms with van der Waals surface area (Å²) in [5.74, 6) is 1.41. The van der Waals surface area contributed by atoms with Gasteiger partial charge in [0.2, 0.25) is 5.95 Å². The molecule has 1 atom stereocenters. The van der Waals surface area contributed by atoms with Gasteiger partial charge in [-0.3, -0.25) is 0 Å². The van der Waals surface area contributed by atoms with Crippen molar-refractivity contribution in [2.24, 2.45) is 7.05 Å². The summed E-state index contributed by atoms with van der Waals surface area (Å²) in [6.07, 6.45) is 3.41. The normalized spacial score (nSPS) is 12.2. The summed E-state index contributed by atoms with van der Waals surface area (Å²) in [6, 6.07) is 11.6. The van der Waals surface area contributed by atoms with Crippen molar-refractivity contribution < 1.29 is 14.2 Å². The second kappa shape index (κ2) is 11.7. The van der Waals surface area contributed by atoms with E-state index in [1.807, 2.05) is 61.9 Å². The van der Waals surface area contributed by atoms with E-state index in [1.54, 1.807) is 25.4 Å². The number of likely N-dealkylation sites (N-methyl/N-ethyl adjacent to an activating group) is 1. The first kappa shape index (κ1) is 26.5. The van der Waals surface area contributed by atoms with Crippen LogP contribution in [0.4, 0.5) is 17.3 Å². The number of para-hydroxylation sites is 1. The van der Waals surface area contributed by atoms with Crippen molar-refractivity contribution in [2.75, 3.05) is 52.0 Å². The molecule has 4 aromatic rings. The van der Waals surface area contributed by atoms with Crippen LogP contribution in [0.1, 0.15) is 6.92 Å². The van der Waals surface area contributed by atoms with E-state index in [0.29, 0.717) is 59.3 Å². The zero-order chi connectivity index (χ0) is 26.5. The number of nitrogens with zero attached hydrogens (tertiary/aromatic N) is 4. The van der Waals surface area contributed by atoms with E-state index in [9.17, 15) is 0 Å². The van der Waals surface area contributed by atoms with Gasteiger partial charge in [0.1, 0.15) is 17.6 Å². The summed E-state index contributed by atoms with van der Waals surface area (Å²) in [4.78, 5) is 11.1. The predicted molar refractivity (Wildman–Crippen MR) is 149 cm³/mol. The molecule has 2 aromatic carbocycles. The number of aromatic nitrogens is 3. The number of methoxy groups -OCH3 is 1. The van der Waals surface area contributed by atoms with Crippen LogP contribution >= 0.6 is 11.6 Å². The lowest BCUT2D eigenvalue weighted by Crippen LogP contribution is -2.34. The molecule has 3 N–H and O–H groups in total. The minimum Gasteiger partial charge on any atom is -0.494 e. The van der Waals surface area contributed by atoms with Gasteiger partial charge in [-0.25, -0.2) is 9.97 Å². The molecule has 0 bridgehead atoms. The van der Waals surface area contributed by atoms with E-state index >= 15 is 0 Å². The lowest BCUT2D eigenvalue weighted by Gasteiger charge is -2.24. The summed E-state index contributed by atoms with van der Waals surface area (Å²) in [7, 11) is 7.55. The molecular formula is C27H33ClN6O3. The van der Waals surface area contributed by atoms with Gasteiger partial charge in [0, 0.05) is 48.9 Å². The minimum atomic E-state index is -0.191. The van der Waals surface area contributed by atoms with E-state index in [0.717, 1.165) is 16.5 Å². The number of anilines is 3. The van der Waals surface area contributed by atoms with Gasteiger partial charge in [0.05, 0.1) is 42.0 Å². The highest BCUT2D eigenvalue weighted by molar-refractivity contribution is 6.33. The fourth-order valence-electron chi connectivity index (χ4n) is 4.17. The molecule has 2 heterocycles. The molecule has 0 unspecified atom stereocenters. The molecule has 0 aliphatic rings. The largest absolute Gasteiger partial charge is 0.494 e. The highest BCUT2D eigenvalue weighted by Gasteiger charge is 2.19. The van der Waals surface area contributed by atoms with Crippen molar-refractivity contribution >= 4 is 39.8 Å². The van der Waals surface area contributed by atoms with E-state index < -0.39 is 0 Å². The van der Waals surface area contributed by atoms with Gasteiger partial charge in [-0.2, -0.15) is 0 Å². The molecule has 196 valence electrons. The van der Waals surface area contributed by atoms with Crippen molar-refractivity contribution in [3.05, 3.63) is 53.8 Å². The van der Waals surface area contributed by atoms with Crippen LogP contribution in [0, 0.1) is 0 Å². The van der Waals surface area contributed by atoms with Crippen molar-refractivity contribution in [1.82, 2.24) is 19.4 Å². The lowest BCUT2D eigenvalue weighted by molar-refractivity contribution is 0.0435. The van der Waals surface area contributed by atoms with Crippen LogP contribution in [0.5, 0.6) is 11.5 Å². The summed E-state index contributed by atoms with van der Waals surface area (Å²) in [5.41, 5.74) is 10.1. The van der Waals surface area contributed by atoms with E-state index in [-0.39, 0.29) is 6.10 Å². The summed E-state index contributed by atoms with van der Waals surface area (Å²) >= 11 is 6.53. The fourth-order valence-corrected chi connectivity index (χ4v) is 4.37. The quantitative estimate of drug-likeness (QED) is 0.265. The zero-order valence-corrected chi connectivity index (χ0v) is 22.5. The van der Waals surface area contributed by atoms with E-state index in [1.165, 1.54) is 0 Å². The number of hydrogen-bond donors (Lipinski definition) is 2. The molecule has 0 radical (unpaired) electrons. The van der Waals surface area contributed by atoms with Crippen molar-refractivity contribution in [3.8, 4) is 22.8 Å². The first-order valence-electron chi connectivity index (χ1n) is 12.0. The maximum Gasteiger partial charge on any atom is 0.227 e. The number of ether oxygens (including phenoxy) is 3. The maximum absolute atomic E-state index is 6.53. The van der Waals surface area contributed by atoms with Crippen molar-refractivity contribution in [3.63, 3.8) is 0 Å². The number of fused-ring (bicyclic) bond motifs is 1. The average Bonchev–Trinajstić information content (AvgIpc) is 3.21. The van der Waals surface area contributed by atoms with Gasteiger partial charge in [-0.15, -0.1) is 0 Å². The maximum atomic E-state index is 6.53. The molecule has 10 heteroatoms. The predicted octanol–water partition coefficient (Wildman–Crippen LogP) is 4.97. The zero-order valence-electron chi connectivity index (χ0n) is 21.8. The number of rotatable bonds is 11. The van der Waals surface area contributed by atoms with Crippen LogP contribution in [0.25, 0.3) is 22.2 Å². The van der Waals surface area contributed by atoms with Gasteiger partial charge >= 0.3 is 0 Å². The monoisotopic (exact) mass is 524 g/mol. The van der Waals surface area contributed by atoms with Crippen LogP contribution in [0.2, 0.25) is 5.02 Å². The average molecular weight is 525 g/mol. The van der Waals surface area contributed by atoms with Crippen LogP contribution in [-0.4, -0.2) is 66.5 Å². The molecule has 0 saturated carbocycles. The van der Waals surface area contributed by atoms with Gasteiger partial charge < -0.3 is 34.7 Å². The lowest BCUT2D eigenvalue weighted by atomic mass is 10.1. The van der Waals surface area contributed by atoms with Gasteiger partial charge in [0.15, 0.2) is 0 Å². The van der Waals surface area contributed by atoms with Gasteiger partial charge in [-0.05, 0) is 33.2 Å². The summed E-state index contributed by atoms with van der Waals surface area (Å²) in [5, 5.41) is 4.73. The molecule has 0 aliphatic carbocycles. The molecule has 0 amide bonds. The Bertz CT molecular complexity index is 1370. The number of hydrogen-bond acceptors (Lipinski definition) is 8. The minimum absolute atomic E-state index is 0.191. The molecule has 9 nitrogen and oxygen atoms in total. The third-order valence-electron chi connectivity index (χ3n) is 5.84. The molecule has 0 saturated heterocycles. The molecular weight excluding hydrogens is 492 g/mol. The standard InChI is InChI=1S/C27H33ClN6O3/c1-6-36-16-17(14-33(2)3)37-24-12-25(35-5)22(11-21(24)29)31-27-30-13-20(28)26(32-27)19-15-34(4)23-10-8-7-9-18(19)23/h7-13,15,17H,6,14,16,29H2,1-5H3,(H,30,31,32)/t17-/m1/s1. The van der Waals surface area contributed by atoms with Crippen LogP contribution < -0.4 is 20.5 Å². The Morgan fingerprint density at radius 1 is 1.19 bits per heavy atom. The number of benzene rings is 2. The van der Waals surface area contributed by atoms with Gasteiger partial charge in [0.25, 0.3) is 0 Å². The second-order valence-corrected chi connectivity index (χ2v) is 9.35.